The van der Waals surface area contributed by atoms with Crippen LogP contribution < -0.4 is 11.1 Å². The van der Waals surface area contributed by atoms with Crippen LogP contribution in [0.3, 0.4) is 0 Å². The predicted molar refractivity (Wildman–Crippen MR) is 221 cm³/mol. The van der Waals surface area contributed by atoms with Crippen molar-refractivity contribution in [3.05, 3.63) is 104 Å². The summed E-state index contributed by atoms with van der Waals surface area (Å²) >= 11 is 0. The van der Waals surface area contributed by atoms with Crippen LogP contribution in [0.15, 0.2) is 58.6 Å². The fraction of sp³-hybridized carbons (Fsp3) is 0.409. The van der Waals surface area contributed by atoms with E-state index in [1.54, 1.807) is 6.92 Å². The highest BCUT2D eigenvalue weighted by molar-refractivity contribution is 6.00. The van der Waals surface area contributed by atoms with Gasteiger partial charge in [-0.2, -0.15) is 0 Å². The van der Waals surface area contributed by atoms with Gasteiger partial charge >= 0.3 is 35.8 Å². The molecular weight excluding hydrogens is 932 g/mol. The monoisotopic (exact) mass is 982 g/mol. The first-order valence-corrected chi connectivity index (χ1v) is 19.7. The number of carbonyl (C=O) groups is 8. The van der Waals surface area contributed by atoms with Gasteiger partial charge in [0.2, 0.25) is 0 Å². The van der Waals surface area contributed by atoms with Crippen molar-refractivity contribution in [2.75, 3.05) is 54.0 Å². The normalized spacial score (nSPS) is 13.8. The Morgan fingerprint density at radius 2 is 1.26 bits per heavy atom. The number of methoxy groups -OCH3 is 2. The molecule has 3 unspecified atom stereocenters. The Hall–Kier alpha value is -7.14. The molecule has 16 nitrogen and oxygen atoms in total. The van der Waals surface area contributed by atoms with Crippen LogP contribution >= 0.6 is 0 Å². The molecule has 1 aliphatic heterocycles. The lowest BCUT2D eigenvalue weighted by Crippen LogP contribution is -2.36. The van der Waals surface area contributed by atoms with E-state index in [1.165, 1.54) is 21.0 Å². The molecule has 3 rings (SSSR count). The molecule has 0 amide bonds. The number of Topliss-reactive ketones (excluding diaryl/α,β-unsaturated/α-hetero) is 1. The fourth-order valence-corrected chi connectivity index (χ4v) is 5.55. The Bertz CT molecular complexity index is 2230. The number of alkyl halides is 4. The van der Waals surface area contributed by atoms with E-state index in [1.807, 2.05) is 0 Å². The van der Waals surface area contributed by atoms with E-state index in [-0.39, 0.29) is 49.5 Å². The van der Waals surface area contributed by atoms with Gasteiger partial charge in [0.05, 0.1) is 55.9 Å². The molecule has 3 N–H and O–H groups in total. The Labute approximate surface area is 384 Å². The summed E-state index contributed by atoms with van der Waals surface area (Å²) in [7, 11) is 2.18. The summed E-state index contributed by atoms with van der Waals surface area (Å²) in [6.45, 7) is 4.50. The van der Waals surface area contributed by atoms with Crippen LogP contribution in [0.25, 0.3) is 0 Å². The van der Waals surface area contributed by atoms with Crippen molar-refractivity contribution in [1.82, 2.24) is 5.32 Å². The predicted octanol–water partition coefficient (Wildman–Crippen LogP) is 6.31. The van der Waals surface area contributed by atoms with E-state index < -0.39 is 137 Å². The first-order valence-electron chi connectivity index (χ1n) is 19.7. The van der Waals surface area contributed by atoms with Crippen molar-refractivity contribution in [2.45, 2.75) is 66.2 Å². The number of nitrogens with one attached hydrogen (secondary N) is 1. The summed E-state index contributed by atoms with van der Waals surface area (Å²) in [5.41, 5.74) is 1.51. The van der Waals surface area contributed by atoms with Crippen molar-refractivity contribution in [1.29, 1.82) is 0 Å². The van der Waals surface area contributed by atoms with Crippen LogP contribution in [0, 0.1) is 23.3 Å². The first kappa shape index (κ1) is 60.9. The number of aldehydes is 1. The summed E-state index contributed by atoms with van der Waals surface area (Å²) in [5, 5.41) is 2.52. The molecular formula is C44H50F8N2O14. The second-order valence-electron chi connectivity index (χ2n) is 13.3. The van der Waals surface area contributed by atoms with Crippen molar-refractivity contribution in [3.8, 4) is 0 Å². The molecule has 0 aliphatic carbocycles. The summed E-state index contributed by atoms with van der Waals surface area (Å²) in [4.78, 5) is 89.3. The number of ether oxygens (including phenoxy) is 6. The average Bonchev–Trinajstić information content (AvgIpc) is 3.26. The van der Waals surface area contributed by atoms with E-state index >= 15 is 0 Å². The van der Waals surface area contributed by atoms with Crippen LogP contribution in [0.2, 0.25) is 0 Å². The van der Waals surface area contributed by atoms with Gasteiger partial charge in [-0.15, -0.1) is 0 Å². The molecule has 2 aromatic rings. The summed E-state index contributed by atoms with van der Waals surface area (Å²) in [6.07, 6.45) is -2.83. The third-order valence-corrected chi connectivity index (χ3v) is 8.21. The van der Waals surface area contributed by atoms with Crippen LogP contribution in [0.5, 0.6) is 0 Å². The number of halogens is 8. The highest BCUT2D eigenvalue weighted by Gasteiger charge is 2.42. The summed E-state index contributed by atoms with van der Waals surface area (Å²) in [5.74, 6) is -11.2. The Balaban J connectivity index is 0.00000105. The number of nitrogens with two attached hydrogens (primary N) is 1. The zero-order chi connectivity index (χ0) is 52.4. The van der Waals surface area contributed by atoms with Crippen molar-refractivity contribution in [2.24, 2.45) is 5.73 Å². The number of carbonyl (C=O) groups excluding carboxylic acids is 8. The highest BCUT2D eigenvalue weighted by Crippen LogP contribution is 2.43. The molecule has 0 saturated carbocycles. The minimum absolute atomic E-state index is 0.123. The van der Waals surface area contributed by atoms with Crippen molar-refractivity contribution < 1.29 is 102 Å². The second kappa shape index (κ2) is 30.9. The number of benzene rings is 2. The molecule has 0 saturated heterocycles. The number of hydrogen-bond acceptors (Lipinski definition) is 16. The van der Waals surface area contributed by atoms with Gasteiger partial charge in [0.15, 0.2) is 18.7 Å². The number of ketones is 1. The minimum Gasteiger partial charge on any atom is -0.466 e. The van der Waals surface area contributed by atoms with Gasteiger partial charge in [-0.3, -0.25) is 24.0 Å². The first-order chi connectivity index (χ1) is 31.9. The molecule has 0 fully saturated rings. The lowest BCUT2D eigenvalue weighted by Gasteiger charge is -2.32. The second-order valence-corrected chi connectivity index (χ2v) is 13.3. The third kappa shape index (κ3) is 20.2. The SMILES string of the molecule is CC(F)c1c(F)cc(F)cc1C=O.CCOC(=O)C1=C(COC(C)=O)NC(CF)=C(C(=O)OC)C1c1cc(F)cc(F)c1C(C)F.CCOC(=O)CC(=O)COC(C)=O.COC(=O)/C=C(\N)CF. The fourth-order valence-electron chi connectivity index (χ4n) is 5.55. The van der Waals surface area contributed by atoms with Crippen molar-refractivity contribution >= 4 is 47.9 Å². The van der Waals surface area contributed by atoms with Gasteiger partial charge in [0.1, 0.15) is 62.0 Å². The molecule has 68 heavy (non-hydrogen) atoms. The maximum absolute atomic E-state index is 14.6. The van der Waals surface area contributed by atoms with Gasteiger partial charge in [0, 0.05) is 54.4 Å². The zero-order valence-electron chi connectivity index (χ0n) is 38.0. The Kier molecular flexibility index (Phi) is 27.7. The number of esters is 6. The number of allylic oxidation sites excluding steroid dienone is 2. The largest absolute Gasteiger partial charge is 0.466 e. The molecule has 376 valence electrons. The van der Waals surface area contributed by atoms with Crippen LogP contribution in [-0.4, -0.2) is 102 Å². The van der Waals surface area contributed by atoms with Crippen LogP contribution in [0.4, 0.5) is 35.1 Å². The number of hydrogen-bond donors (Lipinski definition) is 2. The summed E-state index contributed by atoms with van der Waals surface area (Å²) in [6, 6.07) is 2.55. The topological polar surface area (TPSA) is 230 Å². The minimum atomic E-state index is -2.00. The molecule has 0 bridgehead atoms. The van der Waals surface area contributed by atoms with Gasteiger partial charge < -0.3 is 39.5 Å². The highest BCUT2D eigenvalue weighted by atomic mass is 19.2. The zero-order valence-corrected chi connectivity index (χ0v) is 38.0. The van der Waals surface area contributed by atoms with Crippen molar-refractivity contribution in [3.63, 3.8) is 0 Å². The van der Waals surface area contributed by atoms with E-state index in [4.69, 9.17) is 19.9 Å². The third-order valence-electron chi connectivity index (χ3n) is 8.21. The van der Waals surface area contributed by atoms with E-state index in [0.717, 1.165) is 46.1 Å². The number of rotatable bonds is 17. The average molecular weight is 983 g/mol. The van der Waals surface area contributed by atoms with E-state index in [2.05, 4.69) is 19.5 Å². The van der Waals surface area contributed by atoms with Crippen LogP contribution in [-0.2, 0) is 62.0 Å². The van der Waals surface area contributed by atoms with Gasteiger partial charge in [-0.25, -0.2) is 49.5 Å². The molecule has 24 heteroatoms. The van der Waals surface area contributed by atoms with Gasteiger partial charge in [0.25, 0.3) is 0 Å². The maximum Gasteiger partial charge on any atom is 0.336 e. The van der Waals surface area contributed by atoms with Crippen LogP contribution in [0.1, 0.15) is 93.3 Å². The van der Waals surface area contributed by atoms with E-state index in [0.29, 0.717) is 12.1 Å². The van der Waals surface area contributed by atoms with Gasteiger partial charge in [-0.1, -0.05) is 0 Å². The smallest absolute Gasteiger partial charge is 0.336 e. The Morgan fingerprint density at radius 1 is 0.735 bits per heavy atom. The molecule has 1 aliphatic rings. The quantitative estimate of drug-likeness (QED) is 0.0442. The molecule has 1 heterocycles. The molecule has 2 aromatic carbocycles. The molecule has 0 radical (unpaired) electrons. The maximum atomic E-state index is 14.6. The molecule has 0 aromatic heterocycles. The molecule has 3 atom stereocenters. The number of dihydropyridines is 1. The lowest BCUT2D eigenvalue weighted by molar-refractivity contribution is -0.151. The summed E-state index contributed by atoms with van der Waals surface area (Å²) < 4.78 is 135. The molecule has 0 spiro atoms. The van der Waals surface area contributed by atoms with Gasteiger partial charge in [-0.05, 0) is 45.4 Å². The standard InChI is InChI=1S/C22H23F4NO6.C9H7F3O.C8H12O5.C5H8FNO2/c1-5-32-22(30)20-16(9-33-11(3)28)27-15(8-23)19(21(29)31-4)18(20)13-6-12(25)7-14(26)17(13)10(2)24;1-5(10)9-6(4-13)2-7(11)3-8(9)12;1-3-12-8(11)4-7(10)5-13-6(2)9;1-9-5(8)2-4(7)3-6/h6-7,10,18,27H,5,8-9H2,1-4H3;2-5H,1H3;3-5H2,1-2H3;2H,3,7H2,1H3/b;;;4-2-. The lowest BCUT2D eigenvalue weighted by atomic mass is 9.77. The Morgan fingerprint density at radius 3 is 1.72 bits per heavy atom. The van der Waals surface area contributed by atoms with E-state index in [9.17, 15) is 73.5 Å².